The Labute approximate surface area is 193 Å². The number of nitrogens with one attached hydrogen (secondary N) is 1. The van der Waals surface area contributed by atoms with Gasteiger partial charge in [0.05, 0.1) is 15.6 Å². The van der Waals surface area contributed by atoms with Gasteiger partial charge in [0.25, 0.3) is 0 Å². The molecule has 1 unspecified atom stereocenters. The van der Waals surface area contributed by atoms with Crippen molar-refractivity contribution in [3.63, 3.8) is 0 Å². The van der Waals surface area contributed by atoms with Crippen molar-refractivity contribution in [1.82, 2.24) is 4.31 Å². The Morgan fingerprint density at radius 3 is 2.44 bits per heavy atom. The summed E-state index contributed by atoms with van der Waals surface area (Å²) in [5.74, 6) is -0.659. The van der Waals surface area contributed by atoms with Gasteiger partial charge in [-0.1, -0.05) is 24.1 Å². The molecule has 7 nitrogen and oxygen atoms in total. The maximum Gasteiger partial charge on any atom is 0.247 e. The molecule has 9 heteroatoms. The Morgan fingerprint density at radius 1 is 1.06 bits per heavy atom. The number of sulfonamides is 1. The highest BCUT2D eigenvalue weighted by Crippen LogP contribution is 2.36. The van der Waals surface area contributed by atoms with Crippen LogP contribution in [0, 0.1) is 6.92 Å². The van der Waals surface area contributed by atoms with E-state index in [1.54, 1.807) is 24.3 Å². The number of piperidine rings is 1. The maximum atomic E-state index is 13.1. The highest BCUT2D eigenvalue weighted by molar-refractivity contribution is 7.89. The van der Waals surface area contributed by atoms with E-state index >= 15 is 0 Å². The summed E-state index contributed by atoms with van der Waals surface area (Å²) in [6.45, 7) is 4.33. The van der Waals surface area contributed by atoms with Crippen LogP contribution in [0.4, 0.5) is 11.4 Å². The number of anilines is 2. The zero-order valence-electron chi connectivity index (χ0n) is 18.1. The summed E-state index contributed by atoms with van der Waals surface area (Å²) in [5.41, 5.74) is 2.66. The highest BCUT2D eigenvalue weighted by atomic mass is 35.5. The maximum absolute atomic E-state index is 13.1. The van der Waals surface area contributed by atoms with Crippen LogP contribution in [0.1, 0.15) is 37.3 Å². The number of hydrogen-bond acceptors (Lipinski definition) is 4. The van der Waals surface area contributed by atoms with E-state index in [9.17, 15) is 18.0 Å². The quantitative estimate of drug-likeness (QED) is 0.729. The van der Waals surface area contributed by atoms with Crippen LogP contribution >= 0.6 is 11.6 Å². The molecule has 0 saturated carbocycles. The van der Waals surface area contributed by atoms with Crippen LogP contribution < -0.4 is 10.2 Å². The topological polar surface area (TPSA) is 86.8 Å². The Bertz CT molecular complexity index is 1180. The largest absolute Gasteiger partial charge is 0.323 e. The van der Waals surface area contributed by atoms with E-state index in [1.807, 2.05) is 13.0 Å². The molecule has 4 rings (SSSR count). The SMILES string of the molecule is CC(=O)N1c2ccc(S(=O)(=O)N3CCCCC3)cc2CC1C(=O)Nc1ccc(C)cc1Cl. The van der Waals surface area contributed by atoms with E-state index < -0.39 is 16.1 Å². The Morgan fingerprint density at radius 2 is 1.78 bits per heavy atom. The number of rotatable bonds is 4. The first kappa shape index (κ1) is 22.8. The van der Waals surface area contributed by atoms with Crippen molar-refractivity contribution >= 4 is 44.8 Å². The third kappa shape index (κ3) is 4.27. The predicted molar refractivity (Wildman–Crippen MR) is 125 cm³/mol. The fourth-order valence-corrected chi connectivity index (χ4v) is 6.23. The van der Waals surface area contributed by atoms with E-state index in [0.29, 0.717) is 35.1 Å². The molecule has 0 aromatic heterocycles. The van der Waals surface area contributed by atoms with Gasteiger partial charge in [-0.15, -0.1) is 0 Å². The summed E-state index contributed by atoms with van der Waals surface area (Å²) in [7, 11) is -3.61. The van der Waals surface area contributed by atoms with Crippen molar-refractivity contribution in [2.75, 3.05) is 23.3 Å². The van der Waals surface area contributed by atoms with E-state index in [0.717, 1.165) is 24.8 Å². The van der Waals surface area contributed by atoms with Crippen molar-refractivity contribution in [1.29, 1.82) is 0 Å². The first-order valence-electron chi connectivity index (χ1n) is 10.7. The van der Waals surface area contributed by atoms with Gasteiger partial charge in [0.1, 0.15) is 6.04 Å². The van der Waals surface area contributed by atoms with Crippen molar-refractivity contribution in [3.05, 3.63) is 52.5 Å². The summed E-state index contributed by atoms with van der Waals surface area (Å²) in [6.07, 6.45) is 2.97. The number of nitrogens with zero attached hydrogens (tertiary/aromatic N) is 2. The Balaban J connectivity index is 1.61. The zero-order chi connectivity index (χ0) is 23.0. The molecule has 1 atom stereocenters. The van der Waals surface area contributed by atoms with E-state index in [-0.39, 0.29) is 23.1 Å². The van der Waals surface area contributed by atoms with Crippen LogP contribution in [-0.4, -0.2) is 43.7 Å². The molecule has 2 amide bonds. The van der Waals surface area contributed by atoms with Gasteiger partial charge in [-0.2, -0.15) is 4.31 Å². The molecule has 2 aromatic carbocycles. The van der Waals surface area contributed by atoms with Crippen molar-refractivity contribution in [3.8, 4) is 0 Å². The van der Waals surface area contributed by atoms with Crippen LogP contribution in [0.15, 0.2) is 41.3 Å². The summed E-state index contributed by atoms with van der Waals surface area (Å²) < 4.78 is 27.7. The molecule has 2 heterocycles. The number of carbonyl (C=O) groups excluding carboxylic acids is 2. The average Bonchev–Trinajstić information content (AvgIpc) is 3.15. The zero-order valence-corrected chi connectivity index (χ0v) is 19.7. The second-order valence-electron chi connectivity index (χ2n) is 8.34. The molecular weight excluding hydrogens is 450 g/mol. The van der Waals surface area contributed by atoms with Crippen molar-refractivity contribution in [2.24, 2.45) is 0 Å². The summed E-state index contributed by atoms with van der Waals surface area (Å²) in [6, 6.07) is 9.27. The molecule has 1 saturated heterocycles. The predicted octanol–water partition coefficient (Wildman–Crippen LogP) is 3.74. The minimum absolute atomic E-state index is 0.198. The van der Waals surface area contributed by atoms with Crippen molar-refractivity contribution in [2.45, 2.75) is 50.5 Å². The van der Waals surface area contributed by atoms with Crippen LogP contribution in [0.25, 0.3) is 0 Å². The molecule has 0 bridgehead atoms. The second kappa shape index (κ2) is 8.84. The molecule has 0 radical (unpaired) electrons. The summed E-state index contributed by atoms with van der Waals surface area (Å²) in [4.78, 5) is 27.1. The molecule has 1 fully saturated rings. The van der Waals surface area contributed by atoms with Gasteiger partial charge < -0.3 is 5.32 Å². The first-order valence-corrected chi connectivity index (χ1v) is 12.5. The van der Waals surface area contributed by atoms with Gasteiger partial charge in [-0.3, -0.25) is 14.5 Å². The van der Waals surface area contributed by atoms with Gasteiger partial charge >= 0.3 is 0 Å². The number of carbonyl (C=O) groups is 2. The van der Waals surface area contributed by atoms with Gasteiger partial charge in [0, 0.05) is 32.1 Å². The Kier molecular flexibility index (Phi) is 6.29. The second-order valence-corrected chi connectivity index (χ2v) is 10.7. The average molecular weight is 476 g/mol. The monoisotopic (exact) mass is 475 g/mol. The fraction of sp³-hybridized carbons (Fsp3) is 0.391. The molecule has 32 heavy (non-hydrogen) atoms. The number of fused-ring (bicyclic) bond motifs is 1. The molecule has 2 aliphatic rings. The molecule has 0 aliphatic carbocycles. The molecular formula is C23H26ClN3O4S. The van der Waals surface area contributed by atoms with Gasteiger partial charge in [0.15, 0.2) is 0 Å². The van der Waals surface area contributed by atoms with Gasteiger partial charge in [0.2, 0.25) is 21.8 Å². The summed E-state index contributed by atoms with van der Waals surface area (Å²) >= 11 is 6.25. The molecule has 0 spiro atoms. The third-order valence-corrected chi connectivity index (χ3v) is 8.22. The minimum Gasteiger partial charge on any atom is -0.323 e. The minimum atomic E-state index is -3.61. The molecule has 1 N–H and O–H groups in total. The van der Waals surface area contributed by atoms with Crippen LogP contribution in [0.2, 0.25) is 5.02 Å². The van der Waals surface area contributed by atoms with E-state index in [2.05, 4.69) is 5.32 Å². The highest BCUT2D eigenvalue weighted by Gasteiger charge is 2.38. The smallest absolute Gasteiger partial charge is 0.247 e. The first-order chi connectivity index (χ1) is 15.2. The van der Waals surface area contributed by atoms with E-state index in [4.69, 9.17) is 11.6 Å². The van der Waals surface area contributed by atoms with Gasteiger partial charge in [-0.05, 0) is 61.2 Å². The van der Waals surface area contributed by atoms with Crippen LogP contribution in [0.5, 0.6) is 0 Å². The van der Waals surface area contributed by atoms with Crippen LogP contribution in [-0.2, 0) is 26.0 Å². The fourth-order valence-electron chi connectivity index (χ4n) is 4.38. The molecule has 170 valence electrons. The van der Waals surface area contributed by atoms with Gasteiger partial charge in [-0.25, -0.2) is 8.42 Å². The van der Waals surface area contributed by atoms with Crippen molar-refractivity contribution < 1.29 is 18.0 Å². The number of aryl methyl sites for hydroxylation is 1. The lowest BCUT2D eigenvalue weighted by Crippen LogP contribution is -2.44. The van der Waals surface area contributed by atoms with Crippen LogP contribution in [0.3, 0.4) is 0 Å². The molecule has 2 aliphatic heterocycles. The summed E-state index contributed by atoms with van der Waals surface area (Å²) in [5, 5.41) is 3.22. The number of hydrogen-bond donors (Lipinski definition) is 1. The number of halogens is 1. The lowest BCUT2D eigenvalue weighted by Gasteiger charge is -2.26. The lowest BCUT2D eigenvalue weighted by molar-refractivity contribution is -0.122. The lowest BCUT2D eigenvalue weighted by atomic mass is 10.1. The standard InChI is InChI=1S/C23H26ClN3O4S/c1-15-6-8-20(19(24)12-15)25-23(29)22-14-17-13-18(7-9-21(17)27(22)16(2)28)32(30,31)26-10-4-3-5-11-26/h6-9,12-13,22H,3-5,10-11,14H2,1-2H3,(H,25,29). The third-order valence-electron chi connectivity index (χ3n) is 6.01. The Hall–Kier alpha value is -2.42. The number of benzene rings is 2. The van der Waals surface area contributed by atoms with E-state index in [1.165, 1.54) is 22.2 Å². The number of amides is 2. The molecule has 2 aromatic rings. The normalized spacial score (nSPS) is 19.0.